The lowest BCUT2D eigenvalue weighted by Crippen LogP contribution is -2.17. The van der Waals surface area contributed by atoms with Crippen LogP contribution in [-0.2, 0) is 11.4 Å². The second-order valence-corrected chi connectivity index (χ2v) is 5.36. The van der Waals surface area contributed by atoms with E-state index < -0.39 is 0 Å². The van der Waals surface area contributed by atoms with Gasteiger partial charge in [-0.15, -0.1) is 10.2 Å². The van der Waals surface area contributed by atoms with E-state index in [1.54, 1.807) is 0 Å². The maximum Gasteiger partial charge on any atom is 0.248 e. The van der Waals surface area contributed by atoms with Crippen LogP contribution in [0, 0.1) is 5.92 Å². The molecule has 1 heterocycles. The monoisotopic (exact) mass is 325 g/mol. The lowest BCUT2D eigenvalue weighted by Gasteiger charge is -2.05. The van der Waals surface area contributed by atoms with Gasteiger partial charge in [-0.05, 0) is 34.0 Å². The molecular weight excluding hydrogens is 310 g/mol. The van der Waals surface area contributed by atoms with Crippen molar-refractivity contribution in [1.29, 1.82) is 0 Å². The van der Waals surface area contributed by atoms with Crippen molar-refractivity contribution in [3.05, 3.63) is 34.6 Å². The summed E-state index contributed by atoms with van der Waals surface area (Å²) in [5.41, 5.74) is 3.68. The highest BCUT2D eigenvalue weighted by atomic mass is 79.9. The molecule has 0 saturated heterocycles. The van der Waals surface area contributed by atoms with Gasteiger partial charge in [-0.1, -0.05) is 26.0 Å². The molecule has 2 rings (SSSR count). The number of hydrogen-bond acceptors (Lipinski definition) is 5. The van der Waals surface area contributed by atoms with Crippen LogP contribution in [-0.4, -0.2) is 16.8 Å². The van der Waals surface area contributed by atoms with Crippen LogP contribution < -0.4 is 5.48 Å². The van der Waals surface area contributed by atoms with E-state index in [0.717, 1.165) is 10.0 Å². The Hall–Kier alpha value is -1.24. The summed E-state index contributed by atoms with van der Waals surface area (Å²) in [4.78, 5) is 5.25. The van der Waals surface area contributed by atoms with Crippen molar-refractivity contribution in [2.45, 2.75) is 20.4 Å². The van der Waals surface area contributed by atoms with Crippen molar-refractivity contribution >= 4 is 15.9 Å². The molecule has 0 atom stereocenters. The third-order valence-electron chi connectivity index (χ3n) is 2.31. The fourth-order valence-corrected chi connectivity index (χ4v) is 1.86. The van der Waals surface area contributed by atoms with E-state index in [9.17, 15) is 0 Å². The minimum Gasteiger partial charge on any atom is -0.419 e. The second-order valence-electron chi connectivity index (χ2n) is 4.51. The van der Waals surface area contributed by atoms with Gasteiger partial charge in [0.05, 0.1) is 18.7 Å². The highest BCUT2D eigenvalue weighted by Crippen LogP contribution is 2.26. The van der Waals surface area contributed by atoms with Gasteiger partial charge in [0.2, 0.25) is 11.8 Å². The summed E-state index contributed by atoms with van der Waals surface area (Å²) >= 11 is 3.45. The van der Waals surface area contributed by atoms with Crippen molar-refractivity contribution in [2.24, 2.45) is 5.92 Å². The number of nitrogens with zero attached hydrogens (tertiary/aromatic N) is 2. The van der Waals surface area contributed by atoms with Gasteiger partial charge in [0, 0.05) is 4.47 Å². The highest BCUT2D eigenvalue weighted by Gasteiger charge is 2.10. The summed E-state index contributed by atoms with van der Waals surface area (Å²) in [5.74, 6) is 1.47. The highest BCUT2D eigenvalue weighted by molar-refractivity contribution is 9.10. The van der Waals surface area contributed by atoms with Crippen LogP contribution in [0.15, 0.2) is 33.2 Å². The van der Waals surface area contributed by atoms with Crippen LogP contribution >= 0.6 is 15.9 Å². The normalized spacial score (nSPS) is 11.2. The zero-order valence-corrected chi connectivity index (χ0v) is 12.5. The first kappa shape index (κ1) is 14.2. The molecule has 0 amide bonds. The molecule has 1 N–H and O–H groups in total. The van der Waals surface area contributed by atoms with Crippen LogP contribution in [0.25, 0.3) is 11.5 Å². The summed E-state index contributed by atoms with van der Waals surface area (Å²) in [6.07, 6.45) is 0. The Morgan fingerprint density at radius 3 is 2.84 bits per heavy atom. The minimum atomic E-state index is 0.393. The molecule has 19 heavy (non-hydrogen) atoms. The largest absolute Gasteiger partial charge is 0.419 e. The predicted molar refractivity (Wildman–Crippen MR) is 75.1 cm³/mol. The molecule has 5 nitrogen and oxygen atoms in total. The Kier molecular flexibility index (Phi) is 5.07. The summed E-state index contributed by atoms with van der Waals surface area (Å²) in [7, 11) is 0. The van der Waals surface area contributed by atoms with E-state index >= 15 is 0 Å². The number of benzene rings is 1. The molecule has 0 spiro atoms. The molecule has 0 saturated carbocycles. The van der Waals surface area contributed by atoms with E-state index in [4.69, 9.17) is 9.25 Å². The van der Waals surface area contributed by atoms with E-state index in [1.165, 1.54) is 0 Å². The lowest BCUT2D eigenvalue weighted by atomic mass is 10.2. The summed E-state index contributed by atoms with van der Waals surface area (Å²) in [6, 6.07) is 7.72. The first-order valence-corrected chi connectivity index (χ1v) is 6.88. The topological polar surface area (TPSA) is 60.2 Å². The van der Waals surface area contributed by atoms with Gasteiger partial charge >= 0.3 is 0 Å². The molecular formula is C13H16BrN3O2. The molecule has 1 aromatic heterocycles. The number of hydroxylamine groups is 1. The smallest absolute Gasteiger partial charge is 0.248 e. The fraction of sp³-hybridized carbons (Fsp3) is 0.385. The van der Waals surface area contributed by atoms with Gasteiger partial charge in [0.1, 0.15) is 0 Å². The Morgan fingerprint density at radius 1 is 1.32 bits per heavy atom. The van der Waals surface area contributed by atoms with Crippen molar-refractivity contribution in [3.63, 3.8) is 0 Å². The van der Waals surface area contributed by atoms with Gasteiger partial charge < -0.3 is 9.25 Å². The Balaban J connectivity index is 1.94. The van der Waals surface area contributed by atoms with E-state index in [0.29, 0.717) is 30.9 Å². The molecule has 0 fully saturated rings. The van der Waals surface area contributed by atoms with Gasteiger partial charge in [-0.2, -0.15) is 5.48 Å². The molecule has 2 aromatic rings. The Labute approximate surface area is 120 Å². The quantitative estimate of drug-likeness (QED) is 0.653. The molecule has 0 unspecified atom stereocenters. The van der Waals surface area contributed by atoms with Gasteiger partial charge in [0.15, 0.2) is 0 Å². The number of hydrogen-bond donors (Lipinski definition) is 1. The lowest BCUT2D eigenvalue weighted by molar-refractivity contribution is 0.0158. The molecule has 0 radical (unpaired) electrons. The standard InChI is InChI=1S/C13H16BrN3O2/c1-9(2)8-18-15-7-12-16-17-13(19-12)10-5-3-4-6-11(10)14/h3-6,9,15H,7-8H2,1-2H3. The van der Waals surface area contributed by atoms with E-state index in [1.807, 2.05) is 24.3 Å². The van der Waals surface area contributed by atoms with Gasteiger partial charge in [-0.25, -0.2) is 0 Å². The SMILES string of the molecule is CC(C)CONCc1nnc(-c2ccccc2Br)o1. The molecule has 6 heteroatoms. The van der Waals surface area contributed by atoms with Crippen LogP contribution in [0.3, 0.4) is 0 Å². The summed E-state index contributed by atoms with van der Waals surface area (Å²) < 4.78 is 6.49. The molecule has 1 aromatic carbocycles. The average molecular weight is 326 g/mol. The minimum absolute atomic E-state index is 0.393. The maximum absolute atomic E-state index is 5.56. The zero-order valence-electron chi connectivity index (χ0n) is 10.9. The number of rotatable bonds is 6. The first-order chi connectivity index (χ1) is 9.16. The maximum atomic E-state index is 5.56. The molecule has 102 valence electrons. The first-order valence-electron chi connectivity index (χ1n) is 6.08. The van der Waals surface area contributed by atoms with Crippen molar-refractivity contribution in [3.8, 4) is 11.5 Å². The van der Waals surface area contributed by atoms with E-state index in [-0.39, 0.29) is 0 Å². The van der Waals surface area contributed by atoms with Gasteiger partial charge in [-0.3, -0.25) is 0 Å². The van der Waals surface area contributed by atoms with E-state index in [2.05, 4.69) is 45.5 Å². The molecule has 0 aliphatic heterocycles. The van der Waals surface area contributed by atoms with Crippen LogP contribution in [0.1, 0.15) is 19.7 Å². The Bertz CT molecular complexity index is 528. The number of aromatic nitrogens is 2. The third kappa shape index (κ3) is 4.12. The molecule has 0 aliphatic carbocycles. The average Bonchev–Trinajstić information content (AvgIpc) is 2.83. The van der Waals surface area contributed by atoms with Crippen LogP contribution in [0.5, 0.6) is 0 Å². The van der Waals surface area contributed by atoms with Crippen molar-refractivity contribution < 1.29 is 9.25 Å². The fourth-order valence-electron chi connectivity index (χ4n) is 1.41. The zero-order chi connectivity index (χ0) is 13.7. The number of nitrogens with one attached hydrogen (secondary N) is 1. The van der Waals surface area contributed by atoms with Crippen LogP contribution in [0.4, 0.5) is 0 Å². The van der Waals surface area contributed by atoms with Crippen molar-refractivity contribution in [2.75, 3.05) is 6.61 Å². The van der Waals surface area contributed by atoms with Gasteiger partial charge in [0.25, 0.3) is 0 Å². The third-order valence-corrected chi connectivity index (χ3v) is 3.00. The molecule has 0 bridgehead atoms. The summed E-state index contributed by atoms with van der Waals surface area (Å²) in [5, 5.41) is 7.99. The van der Waals surface area contributed by atoms with Crippen LogP contribution in [0.2, 0.25) is 0 Å². The number of halogens is 1. The second kappa shape index (κ2) is 6.79. The Morgan fingerprint density at radius 2 is 2.11 bits per heavy atom. The van der Waals surface area contributed by atoms with Crippen molar-refractivity contribution in [1.82, 2.24) is 15.7 Å². The summed E-state index contributed by atoms with van der Waals surface area (Å²) in [6.45, 7) is 5.20. The molecule has 0 aliphatic rings. The predicted octanol–water partition coefficient (Wildman–Crippen LogP) is 3.18.